The van der Waals surface area contributed by atoms with Gasteiger partial charge in [-0.1, -0.05) is 46.7 Å². The van der Waals surface area contributed by atoms with Crippen molar-refractivity contribution in [3.8, 4) is 5.75 Å². The minimum absolute atomic E-state index is 0.347. The van der Waals surface area contributed by atoms with Gasteiger partial charge in [0.05, 0.1) is 15.2 Å². The molecule has 0 fully saturated rings. The molecule has 0 saturated carbocycles. The van der Waals surface area contributed by atoms with E-state index < -0.39 is 6.10 Å². The van der Waals surface area contributed by atoms with Crippen LogP contribution < -0.4 is 15.0 Å². The summed E-state index contributed by atoms with van der Waals surface area (Å²) in [6.07, 6.45) is -0.762. The van der Waals surface area contributed by atoms with Crippen LogP contribution in [0.3, 0.4) is 0 Å². The SMILES string of the molecule is C[C@@H](Oc1ccc(Cl)cc1Cl)C(=O)N/N=c1/sc2ccccc2n1C. The molecule has 1 heterocycles. The molecule has 5 nitrogen and oxygen atoms in total. The maximum Gasteiger partial charge on any atom is 0.280 e. The fourth-order valence-electron chi connectivity index (χ4n) is 2.20. The van der Waals surface area contributed by atoms with Crippen LogP contribution in [0.2, 0.25) is 10.0 Å². The van der Waals surface area contributed by atoms with E-state index >= 15 is 0 Å². The number of fused-ring (bicyclic) bond motifs is 1. The zero-order valence-electron chi connectivity index (χ0n) is 13.5. The molecule has 0 aliphatic carbocycles. The molecule has 25 heavy (non-hydrogen) atoms. The molecule has 1 atom stereocenters. The molecule has 0 unspecified atom stereocenters. The highest BCUT2D eigenvalue weighted by Gasteiger charge is 2.16. The lowest BCUT2D eigenvalue weighted by Crippen LogP contribution is -2.35. The number of amides is 1. The summed E-state index contributed by atoms with van der Waals surface area (Å²) in [5.74, 6) is 0.0182. The standard InChI is InChI=1S/C17H15Cl2N3O2S/c1-10(24-14-8-7-11(18)9-12(14)19)16(23)20-21-17-22(2)13-5-3-4-6-15(13)25-17/h3-10H,1-2H3,(H,20,23)/b21-17+/t10-/m1/s1. The van der Waals surface area contributed by atoms with Gasteiger partial charge in [-0.2, -0.15) is 0 Å². The van der Waals surface area contributed by atoms with Crippen LogP contribution in [0.25, 0.3) is 10.2 Å². The predicted molar refractivity (Wildman–Crippen MR) is 101 cm³/mol. The number of rotatable bonds is 4. The predicted octanol–water partition coefficient (Wildman–Crippen LogP) is 3.95. The largest absolute Gasteiger partial charge is 0.479 e. The molecule has 0 spiro atoms. The van der Waals surface area contributed by atoms with Crippen LogP contribution in [-0.2, 0) is 11.8 Å². The zero-order chi connectivity index (χ0) is 18.0. The second kappa shape index (κ2) is 7.47. The van der Waals surface area contributed by atoms with E-state index in [2.05, 4.69) is 10.5 Å². The van der Waals surface area contributed by atoms with Crippen LogP contribution in [0.15, 0.2) is 47.6 Å². The van der Waals surface area contributed by atoms with Crippen molar-refractivity contribution in [3.05, 3.63) is 57.3 Å². The molecule has 0 bridgehead atoms. The Labute approximate surface area is 158 Å². The molecule has 0 radical (unpaired) electrons. The third-order valence-electron chi connectivity index (χ3n) is 3.54. The van der Waals surface area contributed by atoms with E-state index in [9.17, 15) is 4.79 Å². The molecule has 1 N–H and O–H groups in total. The van der Waals surface area contributed by atoms with E-state index in [1.807, 2.05) is 35.9 Å². The summed E-state index contributed by atoms with van der Waals surface area (Å²) in [5, 5.41) is 5.04. The molecule has 3 rings (SSSR count). The van der Waals surface area contributed by atoms with Crippen LogP contribution >= 0.6 is 34.5 Å². The Morgan fingerprint density at radius 3 is 2.76 bits per heavy atom. The molecule has 0 aliphatic rings. The number of aryl methyl sites for hydroxylation is 1. The van der Waals surface area contributed by atoms with Crippen molar-refractivity contribution >= 4 is 50.7 Å². The number of ether oxygens (including phenoxy) is 1. The summed E-state index contributed by atoms with van der Waals surface area (Å²) in [7, 11) is 1.90. The van der Waals surface area contributed by atoms with Gasteiger partial charge in [-0.05, 0) is 37.3 Å². The van der Waals surface area contributed by atoms with Crippen molar-refractivity contribution in [2.75, 3.05) is 0 Å². The Morgan fingerprint density at radius 2 is 2.04 bits per heavy atom. The van der Waals surface area contributed by atoms with Gasteiger partial charge in [0, 0.05) is 12.1 Å². The Kier molecular flexibility index (Phi) is 5.32. The Hall–Kier alpha value is -2.02. The minimum atomic E-state index is -0.762. The Balaban J connectivity index is 1.73. The lowest BCUT2D eigenvalue weighted by atomic mass is 10.3. The Bertz CT molecular complexity index is 997. The zero-order valence-corrected chi connectivity index (χ0v) is 15.8. The van der Waals surface area contributed by atoms with Crippen LogP contribution in [0.5, 0.6) is 5.75 Å². The van der Waals surface area contributed by atoms with E-state index in [1.54, 1.807) is 25.1 Å². The average Bonchev–Trinajstić information content (AvgIpc) is 2.91. The van der Waals surface area contributed by atoms with Gasteiger partial charge in [-0.3, -0.25) is 4.79 Å². The number of aromatic nitrogens is 1. The van der Waals surface area contributed by atoms with Crippen molar-refractivity contribution < 1.29 is 9.53 Å². The third kappa shape index (κ3) is 3.98. The number of hydrogen-bond donors (Lipinski definition) is 1. The maximum atomic E-state index is 12.2. The van der Waals surface area contributed by atoms with Gasteiger partial charge < -0.3 is 9.30 Å². The smallest absolute Gasteiger partial charge is 0.280 e. The topological polar surface area (TPSA) is 55.6 Å². The van der Waals surface area contributed by atoms with E-state index in [-0.39, 0.29) is 5.91 Å². The second-order valence-corrected chi connectivity index (χ2v) is 7.19. The second-order valence-electron chi connectivity index (χ2n) is 5.33. The van der Waals surface area contributed by atoms with E-state index in [0.29, 0.717) is 20.6 Å². The summed E-state index contributed by atoms with van der Waals surface area (Å²) < 4.78 is 8.58. The van der Waals surface area contributed by atoms with Crippen LogP contribution in [0.1, 0.15) is 6.92 Å². The summed E-state index contributed by atoms with van der Waals surface area (Å²) >= 11 is 13.4. The van der Waals surface area contributed by atoms with Crippen molar-refractivity contribution in [1.82, 2.24) is 9.99 Å². The van der Waals surface area contributed by atoms with E-state index in [4.69, 9.17) is 27.9 Å². The molecular formula is C17H15Cl2N3O2S. The van der Waals surface area contributed by atoms with Gasteiger partial charge in [-0.15, -0.1) is 5.10 Å². The van der Waals surface area contributed by atoms with Gasteiger partial charge >= 0.3 is 0 Å². The van der Waals surface area contributed by atoms with Crippen LogP contribution in [0.4, 0.5) is 0 Å². The average molecular weight is 396 g/mol. The molecule has 2 aromatic carbocycles. The molecule has 1 amide bonds. The van der Waals surface area contributed by atoms with Gasteiger partial charge in [0.25, 0.3) is 5.91 Å². The van der Waals surface area contributed by atoms with E-state index in [0.717, 1.165) is 10.2 Å². The molecule has 3 aromatic rings. The summed E-state index contributed by atoms with van der Waals surface area (Å²) in [5.41, 5.74) is 3.59. The fraction of sp³-hybridized carbons (Fsp3) is 0.176. The first-order chi connectivity index (χ1) is 12.0. The summed E-state index contributed by atoms with van der Waals surface area (Å²) in [6.45, 7) is 1.63. The molecular weight excluding hydrogens is 381 g/mol. The number of nitrogens with zero attached hydrogens (tertiary/aromatic N) is 2. The first-order valence-electron chi connectivity index (χ1n) is 7.45. The summed E-state index contributed by atoms with van der Waals surface area (Å²) in [6, 6.07) is 12.8. The number of halogens is 2. The van der Waals surface area contributed by atoms with Crippen LogP contribution in [0, 0.1) is 0 Å². The first-order valence-corrected chi connectivity index (χ1v) is 9.03. The number of hydrogen-bond acceptors (Lipinski definition) is 4. The van der Waals surface area contributed by atoms with Crippen LogP contribution in [-0.4, -0.2) is 16.6 Å². The number of benzene rings is 2. The molecule has 1 aromatic heterocycles. The van der Waals surface area contributed by atoms with Gasteiger partial charge in [-0.25, -0.2) is 5.43 Å². The highest BCUT2D eigenvalue weighted by Crippen LogP contribution is 2.28. The van der Waals surface area contributed by atoms with Crippen molar-refractivity contribution in [3.63, 3.8) is 0 Å². The number of carbonyl (C=O) groups is 1. The Morgan fingerprint density at radius 1 is 1.28 bits per heavy atom. The van der Waals surface area contributed by atoms with E-state index in [1.165, 1.54) is 11.3 Å². The third-order valence-corrected chi connectivity index (χ3v) is 5.19. The molecule has 8 heteroatoms. The molecule has 0 aliphatic heterocycles. The van der Waals surface area contributed by atoms with Crippen molar-refractivity contribution in [2.45, 2.75) is 13.0 Å². The molecule has 130 valence electrons. The highest BCUT2D eigenvalue weighted by atomic mass is 35.5. The lowest BCUT2D eigenvalue weighted by Gasteiger charge is -2.14. The van der Waals surface area contributed by atoms with Gasteiger partial charge in [0.1, 0.15) is 5.75 Å². The fourth-order valence-corrected chi connectivity index (χ4v) is 3.63. The number of nitrogens with one attached hydrogen (secondary N) is 1. The summed E-state index contributed by atoms with van der Waals surface area (Å²) in [4.78, 5) is 12.9. The number of thiazole rings is 1. The highest BCUT2D eigenvalue weighted by molar-refractivity contribution is 7.16. The van der Waals surface area contributed by atoms with Gasteiger partial charge in [0.15, 0.2) is 6.10 Å². The molecule has 0 saturated heterocycles. The first kappa shape index (κ1) is 17.8. The van der Waals surface area contributed by atoms with Crippen molar-refractivity contribution in [1.29, 1.82) is 0 Å². The maximum absolute atomic E-state index is 12.2. The van der Waals surface area contributed by atoms with Gasteiger partial charge in [0.2, 0.25) is 4.80 Å². The quantitative estimate of drug-likeness (QED) is 0.679. The lowest BCUT2D eigenvalue weighted by molar-refractivity contribution is -0.127. The van der Waals surface area contributed by atoms with Crippen molar-refractivity contribution in [2.24, 2.45) is 12.1 Å². The number of carbonyl (C=O) groups excluding carboxylic acids is 1. The minimum Gasteiger partial charge on any atom is -0.479 e. The normalized spacial score (nSPS) is 13.0. The number of para-hydroxylation sites is 1. The monoisotopic (exact) mass is 395 g/mol.